The van der Waals surface area contributed by atoms with E-state index in [2.05, 4.69) is 53.3 Å². The van der Waals surface area contributed by atoms with Gasteiger partial charge >= 0.3 is 0 Å². The van der Waals surface area contributed by atoms with Crippen LogP contribution in [0.25, 0.3) is 11.4 Å². The molecule has 0 unspecified atom stereocenters. The van der Waals surface area contributed by atoms with E-state index in [-0.39, 0.29) is 23.1 Å². The quantitative estimate of drug-likeness (QED) is 0.510. The van der Waals surface area contributed by atoms with E-state index in [0.717, 1.165) is 55.8 Å². The van der Waals surface area contributed by atoms with Gasteiger partial charge in [0.1, 0.15) is 0 Å². The highest BCUT2D eigenvalue weighted by atomic mass is 16.5. The molecule has 1 aromatic heterocycles. The summed E-state index contributed by atoms with van der Waals surface area (Å²) in [5.74, 6) is 1.37. The molecule has 3 heterocycles. The van der Waals surface area contributed by atoms with Crippen LogP contribution in [0.4, 0.5) is 11.4 Å². The number of piperidine rings is 1. The van der Waals surface area contributed by atoms with Crippen LogP contribution in [0.3, 0.4) is 0 Å². The van der Waals surface area contributed by atoms with E-state index in [1.807, 2.05) is 36.4 Å². The third kappa shape index (κ3) is 5.91. The number of carbonyl (C=O) groups is 2. The Bertz CT molecular complexity index is 1240. The van der Waals surface area contributed by atoms with Gasteiger partial charge in [0, 0.05) is 35.8 Å². The molecule has 0 radical (unpaired) electrons. The smallest absolute Gasteiger partial charge is 0.241 e. The molecule has 37 heavy (non-hydrogen) atoms. The van der Waals surface area contributed by atoms with Crippen LogP contribution in [-0.2, 0) is 21.5 Å². The highest BCUT2D eigenvalue weighted by Crippen LogP contribution is 2.27. The molecule has 0 aliphatic carbocycles. The average Bonchev–Trinajstić information content (AvgIpc) is 3.53. The van der Waals surface area contributed by atoms with E-state index in [1.165, 1.54) is 5.56 Å². The molecule has 2 saturated heterocycles. The summed E-state index contributed by atoms with van der Waals surface area (Å²) < 4.78 is 5.52. The number of likely N-dealkylation sites (tertiary alicyclic amines) is 1. The Balaban J connectivity index is 1.10. The number of benzene rings is 2. The molecule has 0 saturated carbocycles. The fraction of sp³-hybridized carbons (Fsp3) is 0.448. The van der Waals surface area contributed by atoms with Gasteiger partial charge in [-0.2, -0.15) is 4.98 Å². The molecule has 2 aliphatic heterocycles. The maximum absolute atomic E-state index is 12.8. The fourth-order valence-electron chi connectivity index (χ4n) is 4.99. The van der Waals surface area contributed by atoms with E-state index in [1.54, 1.807) is 4.90 Å². The van der Waals surface area contributed by atoms with E-state index in [4.69, 9.17) is 4.52 Å². The average molecular weight is 502 g/mol. The van der Waals surface area contributed by atoms with Gasteiger partial charge in [-0.25, -0.2) is 0 Å². The minimum Gasteiger partial charge on any atom is -0.338 e. The molecule has 194 valence electrons. The molecule has 8 nitrogen and oxygen atoms in total. The summed E-state index contributed by atoms with van der Waals surface area (Å²) in [6.45, 7) is 9.52. The number of hydrogen-bond acceptors (Lipinski definition) is 6. The fourth-order valence-corrected chi connectivity index (χ4v) is 4.99. The van der Waals surface area contributed by atoms with E-state index >= 15 is 0 Å². The van der Waals surface area contributed by atoms with Crippen LogP contribution < -0.4 is 10.2 Å². The van der Waals surface area contributed by atoms with Gasteiger partial charge in [-0.1, -0.05) is 50.2 Å². The summed E-state index contributed by atoms with van der Waals surface area (Å²) in [5.41, 5.74) is 3.96. The van der Waals surface area contributed by atoms with Crippen LogP contribution in [0.1, 0.15) is 57.9 Å². The minimum absolute atomic E-state index is 0.0318. The molecular weight excluding hydrogens is 466 g/mol. The Morgan fingerprint density at radius 1 is 1.03 bits per heavy atom. The molecule has 2 fully saturated rings. The number of rotatable bonds is 6. The number of nitrogens with one attached hydrogen (secondary N) is 1. The number of anilines is 2. The van der Waals surface area contributed by atoms with Gasteiger partial charge in [-0.3, -0.25) is 14.5 Å². The lowest BCUT2D eigenvalue weighted by molar-refractivity contribution is -0.121. The third-order valence-corrected chi connectivity index (χ3v) is 7.31. The van der Waals surface area contributed by atoms with Crippen LogP contribution in [0.15, 0.2) is 53.1 Å². The van der Waals surface area contributed by atoms with Crippen LogP contribution in [0.2, 0.25) is 0 Å². The molecule has 1 N–H and O–H groups in total. The lowest BCUT2D eigenvalue weighted by Gasteiger charge is -2.30. The van der Waals surface area contributed by atoms with Crippen LogP contribution >= 0.6 is 0 Å². The summed E-state index contributed by atoms with van der Waals surface area (Å²) in [7, 11) is 0. The van der Waals surface area contributed by atoms with Crippen molar-refractivity contribution in [3.63, 3.8) is 0 Å². The van der Waals surface area contributed by atoms with E-state index in [0.29, 0.717) is 24.7 Å². The molecule has 3 aromatic rings. The molecule has 8 heteroatoms. The van der Waals surface area contributed by atoms with Crippen molar-refractivity contribution >= 4 is 23.2 Å². The van der Waals surface area contributed by atoms with Crippen molar-refractivity contribution in [2.45, 2.75) is 58.4 Å². The maximum atomic E-state index is 12.8. The Morgan fingerprint density at radius 3 is 2.35 bits per heavy atom. The Hall–Kier alpha value is -3.52. The summed E-state index contributed by atoms with van der Waals surface area (Å²) >= 11 is 0. The topological polar surface area (TPSA) is 91.6 Å². The molecule has 2 aromatic carbocycles. The molecule has 2 amide bonds. The number of amides is 2. The first-order valence-electron chi connectivity index (χ1n) is 13.1. The van der Waals surface area contributed by atoms with Crippen molar-refractivity contribution in [3.05, 3.63) is 60.0 Å². The zero-order valence-electron chi connectivity index (χ0n) is 21.9. The van der Waals surface area contributed by atoms with E-state index < -0.39 is 0 Å². The van der Waals surface area contributed by atoms with Gasteiger partial charge < -0.3 is 14.7 Å². The third-order valence-electron chi connectivity index (χ3n) is 7.31. The second kappa shape index (κ2) is 10.5. The van der Waals surface area contributed by atoms with Crippen LogP contribution in [-0.4, -0.2) is 46.5 Å². The number of nitrogens with zero attached hydrogens (tertiary/aromatic N) is 4. The predicted molar refractivity (Wildman–Crippen MR) is 143 cm³/mol. The molecular formula is C29H35N5O3. The first kappa shape index (κ1) is 25.1. The zero-order valence-corrected chi connectivity index (χ0v) is 21.9. The lowest BCUT2D eigenvalue weighted by atomic mass is 9.87. The van der Waals surface area contributed by atoms with Crippen molar-refractivity contribution in [2.75, 3.05) is 29.9 Å². The largest absolute Gasteiger partial charge is 0.338 e. The van der Waals surface area contributed by atoms with E-state index in [9.17, 15) is 9.59 Å². The van der Waals surface area contributed by atoms with Gasteiger partial charge in [-0.05, 0) is 67.6 Å². The molecule has 0 spiro atoms. The van der Waals surface area contributed by atoms with Crippen LogP contribution in [0.5, 0.6) is 0 Å². The zero-order chi connectivity index (χ0) is 26.0. The summed E-state index contributed by atoms with van der Waals surface area (Å²) in [6, 6.07) is 15.9. The Kier molecular flexibility index (Phi) is 7.11. The standard InChI is InChI=1S/C29H35N5O3/c1-29(2,3)22-8-6-20(7-9-22)27-31-25(37-32-27)19-33-17-14-21(15-18-33)28(36)30-23-10-12-24(13-11-23)34-16-4-5-26(34)35/h6-13,21H,4-5,14-19H2,1-3H3,(H,30,36). The van der Waals surface area contributed by atoms with Crippen molar-refractivity contribution in [2.24, 2.45) is 5.92 Å². The predicted octanol–water partition coefficient (Wildman–Crippen LogP) is 5.01. The van der Waals surface area contributed by atoms with Gasteiger partial charge in [0.05, 0.1) is 6.54 Å². The highest BCUT2D eigenvalue weighted by molar-refractivity contribution is 5.96. The minimum atomic E-state index is -0.0318. The first-order valence-corrected chi connectivity index (χ1v) is 13.1. The van der Waals surface area contributed by atoms with Gasteiger partial charge in [0.15, 0.2) is 0 Å². The molecule has 2 aliphatic rings. The lowest BCUT2D eigenvalue weighted by Crippen LogP contribution is -2.37. The van der Waals surface area contributed by atoms with Crippen molar-refractivity contribution in [3.8, 4) is 11.4 Å². The Morgan fingerprint density at radius 2 is 1.73 bits per heavy atom. The van der Waals surface area contributed by atoms with Gasteiger partial charge in [0.25, 0.3) is 0 Å². The Labute approximate surface area is 218 Å². The van der Waals surface area contributed by atoms with Crippen molar-refractivity contribution in [1.29, 1.82) is 0 Å². The SMILES string of the molecule is CC(C)(C)c1ccc(-c2noc(CN3CCC(C(=O)Nc4ccc(N5CCCC5=O)cc4)CC3)n2)cc1. The molecule has 0 bridgehead atoms. The number of hydrogen-bond donors (Lipinski definition) is 1. The molecule has 0 atom stereocenters. The number of carbonyl (C=O) groups excluding carboxylic acids is 2. The van der Waals surface area contributed by atoms with Crippen LogP contribution in [0, 0.1) is 5.92 Å². The van der Waals surface area contributed by atoms with Crippen molar-refractivity contribution in [1.82, 2.24) is 15.0 Å². The van der Waals surface area contributed by atoms with Crippen molar-refractivity contribution < 1.29 is 14.1 Å². The normalized spacial score (nSPS) is 17.4. The monoisotopic (exact) mass is 501 g/mol. The van der Waals surface area contributed by atoms with Gasteiger partial charge in [0.2, 0.25) is 23.5 Å². The summed E-state index contributed by atoms with van der Waals surface area (Å²) in [6.07, 6.45) is 3.06. The summed E-state index contributed by atoms with van der Waals surface area (Å²) in [5, 5.41) is 7.21. The molecule has 5 rings (SSSR count). The maximum Gasteiger partial charge on any atom is 0.241 e. The number of aromatic nitrogens is 2. The van der Waals surface area contributed by atoms with Gasteiger partial charge in [-0.15, -0.1) is 0 Å². The summed E-state index contributed by atoms with van der Waals surface area (Å²) in [4.78, 5) is 33.4. The first-order chi connectivity index (χ1) is 17.8. The second-order valence-corrected chi connectivity index (χ2v) is 11.1. The highest BCUT2D eigenvalue weighted by Gasteiger charge is 2.27. The second-order valence-electron chi connectivity index (χ2n) is 11.1.